The molecule has 2 rings (SSSR count). The van der Waals surface area contributed by atoms with Crippen LogP contribution in [0.15, 0.2) is 10.7 Å². The fraction of sp³-hybridized carbons (Fsp3) is 0.714. The number of aromatic nitrogens is 2. The minimum atomic E-state index is -0.457. The summed E-state index contributed by atoms with van der Waals surface area (Å²) >= 11 is 3.51. The Morgan fingerprint density at radius 2 is 2.29 bits per heavy atom. The van der Waals surface area contributed by atoms with Crippen LogP contribution in [0.3, 0.4) is 0 Å². The highest BCUT2D eigenvalue weighted by molar-refractivity contribution is 9.10. The Hall–Kier alpha value is -1.08. The van der Waals surface area contributed by atoms with E-state index in [2.05, 4.69) is 31.2 Å². The zero-order chi connectivity index (χ0) is 15.6. The Morgan fingerprint density at radius 1 is 1.57 bits per heavy atom. The van der Waals surface area contributed by atoms with Gasteiger partial charge in [0, 0.05) is 38.9 Å². The zero-order valence-electron chi connectivity index (χ0n) is 13.0. The summed E-state index contributed by atoms with van der Waals surface area (Å²) in [5, 5.41) is 7.36. The van der Waals surface area contributed by atoms with E-state index in [1.807, 2.05) is 34.0 Å². The van der Waals surface area contributed by atoms with Crippen LogP contribution in [0.25, 0.3) is 0 Å². The van der Waals surface area contributed by atoms with Crippen LogP contribution in [0, 0.1) is 0 Å². The molecule has 0 saturated carbocycles. The molecule has 21 heavy (non-hydrogen) atoms. The lowest BCUT2D eigenvalue weighted by Gasteiger charge is -2.22. The van der Waals surface area contributed by atoms with Gasteiger partial charge in [-0.05, 0) is 43.1 Å². The molecule has 7 heteroatoms. The van der Waals surface area contributed by atoms with Gasteiger partial charge < -0.3 is 10.1 Å². The van der Waals surface area contributed by atoms with Gasteiger partial charge in [0.2, 0.25) is 0 Å². The van der Waals surface area contributed by atoms with Crippen LogP contribution in [0.4, 0.5) is 4.79 Å². The quantitative estimate of drug-likeness (QED) is 0.900. The van der Waals surface area contributed by atoms with Gasteiger partial charge in [0.25, 0.3) is 0 Å². The molecule has 0 bridgehead atoms. The Morgan fingerprint density at radius 3 is 2.86 bits per heavy atom. The van der Waals surface area contributed by atoms with E-state index < -0.39 is 5.60 Å². The number of hydrogen-bond donors (Lipinski definition) is 1. The molecule has 1 unspecified atom stereocenters. The Bertz CT molecular complexity index is 510. The number of aryl methyl sites for hydroxylation is 1. The third-order valence-electron chi connectivity index (χ3n) is 3.22. The van der Waals surface area contributed by atoms with E-state index in [1.54, 1.807) is 4.68 Å². The maximum atomic E-state index is 11.8. The molecule has 2 heterocycles. The van der Waals surface area contributed by atoms with Gasteiger partial charge in [-0.1, -0.05) is 0 Å². The van der Waals surface area contributed by atoms with E-state index in [0.29, 0.717) is 0 Å². The monoisotopic (exact) mass is 358 g/mol. The summed E-state index contributed by atoms with van der Waals surface area (Å²) in [5.41, 5.74) is 0.566. The maximum Gasteiger partial charge on any atom is 0.407 e. The normalized spacial score (nSPS) is 19.8. The number of carbonyl (C=O) groups excluding carboxylic acids is 1. The number of likely N-dealkylation sites (tertiary alicyclic amines) is 1. The Labute approximate surface area is 133 Å². The third-order valence-corrected chi connectivity index (χ3v) is 3.88. The molecular formula is C14H23BrN4O2. The Balaban J connectivity index is 1.81. The van der Waals surface area contributed by atoms with Crippen molar-refractivity contribution in [2.45, 2.75) is 45.4 Å². The topological polar surface area (TPSA) is 59.4 Å². The first-order valence-electron chi connectivity index (χ1n) is 7.13. The van der Waals surface area contributed by atoms with Crippen molar-refractivity contribution in [3.8, 4) is 0 Å². The molecule has 1 aliphatic heterocycles. The lowest BCUT2D eigenvalue weighted by Crippen LogP contribution is -2.40. The van der Waals surface area contributed by atoms with E-state index in [4.69, 9.17) is 4.74 Å². The second-order valence-electron chi connectivity index (χ2n) is 6.46. The first-order valence-corrected chi connectivity index (χ1v) is 7.92. The predicted octanol–water partition coefficient (Wildman–Crippen LogP) is 2.28. The van der Waals surface area contributed by atoms with E-state index in [0.717, 1.165) is 36.2 Å². The standard InChI is InChI=1S/C14H23BrN4O2/c1-14(2,3)21-13(20)16-10-5-6-19(7-10)9-12-11(15)8-18(4)17-12/h8,10H,5-7,9H2,1-4H3,(H,16,20). The smallest absolute Gasteiger partial charge is 0.407 e. The number of hydrogen-bond acceptors (Lipinski definition) is 4. The molecule has 1 N–H and O–H groups in total. The Kier molecular flexibility index (Phi) is 4.93. The lowest BCUT2D eigenvalue weighted by atomic mass is 10.2. The summed E-state index contributed by atoms with van der Waals surface area (Å²) in [4.78, 5) is 14.0. The van der Waals surface area contributed by atoms with Crippen LogP contribution < -0.4 is 5.32 Å². The van der Waals surface area contributed by atoms with Crippen molar-refractivity contribution in [1.82, 2.24) is 20.0 Å². The van der Waals surface area contributed by atoms with Crippen molar-refractivity contribution in [3.05, 3.63) is 16.4 Å². The molecule has 1 aromatic rings. The molecule has 1 saturated heterocycles. The zero-order valence-corrected chi connectivity index (χ0v) is 14.6. The molecule has 1 aromatic heterocycles. The van der Waals surface area contributed by atoms with Crippen molar-refractivity contribution in [3.63, 3.8) is 0 Å². The first kappa shape index (κ1) is 16.3. The number of ether oxygens (including phenoxy) is 1. The molecule has 1 amide bonds. The summed E-state index contributed by atoms with van der Waals surface area (Å²) in [6.45, 7) is 8.16. The molecule has 0 spiro atoms. The van der Waals surface area contributed by atoms with Crippen LogP contribution in [-0.2, 0) is 18.3 Å². The number of nitrogens with one attached hydrogen (secondary N) is 1. The van der Waals surface area contributed by atoms with Crippen LogP contribution in [0.5, 0.6) is 0 Å². The van der Waals surface area contributed by atoms with Gasteiger partial charge in [-0.2, -0.15) is 5.10 Å². The van der Waals surface area contributed by atoms with Gasteiger partial charge in [0.15, 0.2) is 0 Å². The minimum Gasteiger partial charge on any atom is -0.444 e. The summed E-state index contributed by atoms with van der Waals surface area (Å²) in [5.74, 6) is 0. The van der Waals surface area contributed by atoms with Gasteiger partial charge in [0.05, 0.1) is 10.2 Å². The molecule has 6 nitrogen and oxygen atoms in total. The summed E-state index contributed by atoms with van der Waals surface area (Å²) in [6, 6.07) is 0.141. The summed E-state index contributed by atoms with van der Waals surface area (Å²) in [7, 11) is 1.91. The third kappa shape index (κ3) is 5.00. The van der Waals surface area contributed by atoms with E-state index in [1.165, 1.54) is 0 Å². The molecule has 1 atom stereocenters. The fourth-order valence-electron chi connectivity index (χ4n) is 2.39. The minimum absolute atomic E-state index is 0.141. The van der Waals surface area contributed by atoms with Crippen molar-refractivity contribution in [2.75, 3.05) is 13.1 Å². The van der Waals surface area contributed by atoms with Crippen LogP contribution in [0.1, 0.15) is 32.9 Å². The average Bonchev–Trinajstić information content (AvgIpc) is 2.84. The van der Waals surface area contributed by atoms with Crippen LogP contribution in [-0.4, -0.2) is 45.5 Å². The van der Waals surface area contributed by atoms with E-state index in [-0.39, 0.29) is 12.1 Å². The maximum absolute atomic E-state index is 11.8. The van der Waals surface area contributed by atoms with Crippen molar-refractivity contribution >= 4 is 22.0 Å². The molecule has 0 aromatic carbocycles. The molecule has 0 radical (unpaired) electrons. The highest BCUT2D eigenvalue weighted by Crippen LogP contribution is 2.19. The van der Waals surface area contributed by atoms with Gasteiger partial charge in [-0.15, -0.1) is 0 Å². The van der Waals surface area contributed by atoms with Gasteiger partial charge in [-0.25, -0.2) is 4.79 Å². The van der Waals surface area contributed by atoms with Gasteiger partial charge in [-0.3, -0.25) is 9.58 Å². The SMILES string of the molecule is Cn1cc(Br)c(CN2CCC(NC(=O)OC(C)(C)C)C2)n1. The number of halogens is 1. The van der Waals surface area contributed by atoms with Crippen LogP contribution in [0.2, 0.25) is 0 Å². The molecular weight excluding hydrogens is 336 g/mol. The average molecular weight is 359 g/mol. The largest absolute Gasteiger partial charge is 0.444 e. The van der Waals surface area contributed by atoms with Gasteiger partial charge in [0.1, 0.15) is 5.60 Å². The lowest BCUT2D eigenvalue weighted by molar-refractivity contribution is 0.0505. The second-order valence-corrected chi connectivity index (χ2v) is 7.32. The van der Waals surface area contributed by atoms with Crippen molar-refractivity contribution < 1.29 is 9.53 Å². The van der Waals surface area contributed by atoms with E-state index >= 15 is 0 Å². The first-order chi connectivity index (χ1) is 9.73. The summed E-state index contributed by atoms with van der Waals surface area (Å²) < 4.78 is 8.10. The fourth-order valence-corrected chi connectivity index (χ4v) is 2.89. The highest BCUT2D eigenvalue weighted by atomic mass is 79.9. The molecule has 1 fully saturated rings. The predicted molar refractivity (Wildman–Crippen MR) is 84.0 cm³/mol. The van der Waals surface area contributed by atoms with Crippen LogP contribution >= 0.6 is 15.9 Å². The number of amides is 1. The molecule has 0 aliphatic carbocycles. The number of nitrogens with zero attached hydrogens (tertiary/aromatic N) is 3. The number of rotatable bonds is 3. The highest BCUT2D eigenvalue weighted by Gasteiger charge is 2.26. The van der Waals surface area contributed by atoms with E-state index in [9.17, 15) is 4.79 Å². The summed E-state index contributed by atoms with van der Waals surface area (Å²) in [6.07, 6.45) is 2.54. The number of carbonyl (C=O) groups is 1. The van der Waals surface area contributed by atoms with Crippen molar-refractivity contribution in [2.24, 2.45) is 7.05 Å². The second kappa shape index (κ2) is 6.36. The number of alkyl carbamates (subject to hydrolysis) is 1. The van der Waals surface area contributed by atoms with Gasteiger partial charge >= 0.3 is 6.09 Å². The van der Waals surface area contributed by atoms with Crippen molar-refractivity contribution in [1.29, 1.82) is 0 Å². The molecule has 1 aliphatic rings. The molecule has 118 valence electrons.